The van der Waals surface area contributed by atoms with Gasteiger partial charge in [-0.05, 0) is 48.4 Å². The van der Waals surface area contributed by atoms with Gasteiger partial charge in [0.25, 0.3) is 0 Å². The summed E-state index contributed by atoms with van der Waals surface area (Å²) >= 11 is 0. The molecule has 6 nitrogen and oxygen atoms in total. The Morgan fingerprint density at radius 3 is 2.53 bits per heavy atom. The van der Waals surface area contributed by atoms with Gasteiger partial charge in [-0.15, -0.1) is 10.2 Å². The highest BCUT2D eigenvalue weighted by atomic mass is 16.1. The molecule has 1 aromatic heterocycles. The number of hydrogen-bond acceptors (Lipinski definition) is 5. The molecule has 1 heterocycles. The topological polar surface area (TPSA) is 88.6 Å². The van der Waals surface area contributed by atoms with Crippen LogP contribution in [-0.4, -0.2) is 32.2 Å². The van der Waals surface area contributed by atoms with Crippen molar-refractivity contribution in [2.24, 2.45) is 5.92 Å². The van der Waals surface area contributed by atoms with Crippen molar-refractivity contribution in [2.75, 3.05) is 0 Å². The van der Waals surface area contributed by atoms with E-state index in [4.69, 9.17) is 0 Å². The number of ketones is 2. The van der Waals surface area contributed by atoms with Crippen LogP contribution in [0.5, 0.6) is 0 Å². The molecule has 0 aliphatic heterocycles. The summed E-state index contributed by atoms with van der Waals surface area (Å²) in [7, 11) is 0. The molecule has 0 bridgehead atoms. The number of aromatic nitrogens is 4. The number of hydrogen-bond donors (Lipinski definition) is 1. The molecule has 0 unspecified atom stereocenters. The summed E-state index contributed by atoms with van der Waals surface area (Å²) in [6.45, 7) is 3.73. The largest absolute Gasteiger partial charge is 0.300 e. The average molecular weight is 402 g/mol. The molecule has 2 aromatic carbocycles. The monoisotopic (exact) mass is 402 g/mol. The van der Waals surface area contributed by atoms with Gasteiger partial charge in [0.05, 0.1) is 0 Å². The highest BCUT2D eigenvalue weighted by Crippen LogP contribution is 2.34. The maximum absolute atomic E-state index is 12.3. The van der Waals surface area contributed by atoms with E-state index in [1.165, 1.54) is 0 Å². The second-order valence-corrected chi connectivity index (χ2v) is 8.04. The Labute approximate surface area is 176 Å². The van der Waals surface area contributed by atoms with Gasteiger partial charge in [-0.3, -0.25) is 9.59 Å². The number of carbonyl (C=O) groups is 2. The molecule has 0 fully saturated rings. The van der Waals surface area contributed by atoms with E-state index < -0.39 is 0 Å². The third kappa shape index (κ3) is 3.95. The highest BCUT2D eigenvalue weighted by Gasteiger charge is 2.30. The molecule has 3 aromatic rings. The Kier molecular flexibility index (Phi) is 5.84. The van der Waals surface area contributed by atoms with Gasteiger partial charge in [0.15, 0.2) is 11.6 Å². The SMILES string of the molecule is CCC[C@H](C(C)=O)[C@H](Cc1ccc(-c2cccc3c2CCC3=O)cc1)c1nn[nH]n1. The third-order valence-electron chi connectivity index (χ3n) is 6.10. The van der Waals surface area contributed by atoms with Crippen LogP contribution in [0, 0.1) is 5.92 Å². The molecule has 30 heavy (non-hydrogen) atoms. The van der Waals surface area contributed by atoms with Crippen LogP contribution in [0.2, 0.25) is 0 Å². The summed E-state index contributed by atoms with van der Waals surface area (Å²) in [6.07, 6.45) is 3.81. The van der Waals surface area contributed by atoms with Crippen molar-refractivity contribution < 1.29 is 9.59 Å². The molecule has 0 radical (unpaired) electrons. The van der Waals surface area contributed by atoms with Crippen LogP contribution in [0.3, 0.4) is 0 Å². The lowest BCUT2D eigenvalue weighted by Gasteiger charge is -2.22. The standard InChI is InChI=1S/C24H26N4O2/c1-3-5-18(15(2)29)22(24-25-27-28-26-24)14-16-8-10-17(11-9-16)19-6-4-7-21-20(19)12-13-23(21)30/h4,6-11,18,22H,3,5,12-14H2,1-2H3,(H,25,26,27,28)/t18-,22+/m1/s1. The van der Waals surface area contributed by atoms with Crippen molar-refractivity contribution in [1.82, 2.24) is 20.6 Å². The van der Waals surface area contributed by atoms with Crippen LogP contribution < -0.4 is 0 Å². The van der Waals surface area contributed by atoms with Crippen molar-refractivity contribution in [3.8, 4) is 11.1 Å². The number of benzene rings is 2. The van der Waals surface area contributed by atoms with Gasteiger partial charge in [-0.2, -0.15) is 5.21 Å². The molecule has 1 aliphatic rings. The quantitative estimate of drug-likeness (QED) is 0.606. The van der Waals surface area contributed by atoms with Gasteiger partial charge < -0.3 is 0 Å². The Morgan fingerprint density at radius 2 is 1.87 bits per heavy atom. The molecule has 4 rings (SSSR count). The zero-order valence-corrected chi connectivity index (χ0v) is 17.4. The maximum atomic E-state index is 12.3. The fourth-order valence-corrected chi connectivity index (χ4v) is 4.57. The minimum atomic E-state index is -0.129. The Balaban J connectivity index is 1.61. The number of Topliss-reactive ketones (excluding diaryl/α,β-unsaturated/α-hetero) is 2. The van der Waals surface area contributed by atoms with Crippen molar-refractivity contribution in [2.45, 2.75) is 51.9 Å². The highest BCUT2D eigenvalue weighted by molar-refractivity contribution is 6.02. The lowest BCUT2D eigenvalue weighted by Crippen LogP contribution is -2.23. The van der Waals surface area contributed by atoms with Crippen LogP contribution >= 0.6 is 0 Å². The van der Waals surface area contributed by atoms with Gasteiger partial charge in [0, 0.05) is 23.8 Å². The number of rotatable bonds is 8. The summed E-state index contributed by atoms with van der Waals surface area (Å²) in [4.78, 5) is 24.4. The molecule has 154 valence electrons. The van der Waals surface area contributed by atoms with Gasteiger partial charge in [0.1, 0.15) is 5.78 Å². The second-order valence-electron chi connectivity index (χ2n) is 8.04. The van der Waals surface area contributed by atoms with E-state index in [9.17, 15) is 9.59 Å². The number of tetrazole rings is 1. The number of aromatic amines is 1. The van der Waals surface area contributed by atoms with Crippen LogP contribution in [0.15, 0.2) is 42.5 Å². The lowest BCUT2D eigenvalue weighted by atomic mass is 9.81. The van der Waals surface area contributed by atoms with E-state index in [0.29, 0.717) is 18.7 Å². The van der Waals surface area contributed by atoms with E-state index in [-0.39, 0.29) is 23.4 Å². The molecule has 1 N–H and O–H groups in total. The first kappa shape index (κ1) is 20.1. The number of carbonyl (C=O) groups excluding carboxylic acids is 2. The van der Waals surface area contributed by atoms with Gasteiger partial charge >= 0.3 is 0 Å². The molecular weight excluding hydrogens is 376 g/mol. The number of H-pyrrole nitrogens is 1. The Bertz CT molecular complexity index is 1040. The first-order valence-electron chi connectivity index (χ1n) is 10.6. The summed E-state index contributed by atoms with van der Waals surface area (Å²) in [5, 5.41) is 14.6. The Morgan fingerprint density at radius 1 is 1.10 bits per heavy atom. The first-order chi connectivity index (χ1) is 14.6. The van der Waals surface area contributed by atoms with Crippen molar-refractivity contribution in [3.05, 3.63) is 65.0 Å². The summed E-state index contributed by atoms with van der Waals surface area (Å²) in [5.74, 6) is 0.749. The molecule has 0 saturated carbocycles. The van der Waals surface area contributed by atoms with Crippen molar-refractivity contribution in [1.29, 1.82) is 0 Å². The third-order valence-corrected chi connectivity index (χ3v) is 6.10. The van der Waals surface area contributed by atoms with Gasteiger partial charge in [0.2, 0.25) is 0 Å². The normalized spacial score (nSPS) is 15.1. The summed E-state index contributed by atoms with van der Waals surface area (Å²) in [5.41, 5.74) is 5.38. The fourth-order valence-electron chi connectivity index (χ4n) is 4.57. The molecule has 0 saturated heterocycles. The van der Waals surface area contributed by atoms with E-state index in [1.54, 1.807) is 6.92 Å². The number of fused-ring (bicyclic) bond motifs is 1. The molecule has 1 aliphatic carbocycles. The van der Waals surface area contributed by atoms with Gasteiger partial charge in [-0.1, -0.05) is 61.0 Å². The van der Waals surface area contributed by atoms with E-state index in [0.717, 1.165) is 47.1 Å². The second kappa shape index (κ2) is 8.69. The minimum Gasteiger partial charge on any atom is -0.300 e. The summed E-state index contributed by atoms with van der Waals surface area (Å²) < 4.78 is 0. The van der Waals surface area contributed by atoms with E-state index >= 15 is 0 Å². The number of nitrogens with one attached hydrogen (secondary N) is 1. The maximum Gasteiger partial charge on any atom is 0.178 e. The van der Waals surface area contributed by atoms with Crippen LogP contribution in [-0.2, 0) is 17.6 Å². The lowest BCUT2D eigenvalue weighted by molar-refractivity contribution is -0.121. The predicted octanol–water partition coefficient (Wildman–Crippen LogP) is 4.33. The smallest absolute Gasteiger partial charge is 0.178 e. The Hall–Kier alpha value is -3.15. The van der Waals surface area contributed by atoms with E-state index in [1.807, 2.05) is 12.1 Å². The van der Waals surface area contributed by atoms with Crippen molar-refractivity contribution >= 4 is 11.6 Å². The molecule has 6 heteroatoms. The van der Waals surface area contributed by atoms with E-state index in [2.05, 4.69) is 57.9 Å². The summed E-state index contributed by atoms with van der Waals surface area (Å²) in [6, 6.07) is 14.4. The molecule has 0 spiro atoms. The zero-order chi connectivity index (χ0) is 21.1. The molecular formula is C24H26N4O2. The minimum absolute atomic E-state index is 0.106. The zero-order valence-electron chi connectivity index (χ0n) is 17.4. The van der Waals surface area contributed by atoms with Gasteiger partial charge in [-0.25, -0.2) is 0 Å². The van der Waals surface area contributed by atoms with Crippen LogP contribution in [0.1, 0.15) is 66.3 Å². The molecule has 0 amide bonds. The molecule has 2 atom stereocenters. The van der Waals surface area contributed by atoms with Crippen LogP contribution in [0.4, 0.5) is 0 Å². The first-order valence-corrected chi connectivity index (χ1v) is 10.6. The number of nitrogens with zero attached hydrogens (tertiary/aromatic N) is 3. The average Bonchev–Trinajstić information content (AvgIpc) is 3.41. The van der Waals surface area contributed by atoms with Crippen LogP contribution in [0.25, 0.3) is 11.1 Å². The predicted molar refractivity (Wildman–Crippen MR) is 114 cm³/mol. The van der Waals surface area contributed by atoms with Crippen molar-refractivity contribution in [3.63, 3.8) is 0 Å². The fraction of sp³-hybridized carbons (Fsp3) is 0.375.